The number of ether oxygens (including phenoxy) is 1. The van der Waals surface area contributed by atoms with Gasteiger partial charge in [0.15, 0.2) is 0 Å². The van der Waals surface area contributed by atoms with Gasteiger partial charge >= 0.3 is 5.97 Å². The van der Waals surface area contributed by atoms with Crippen molar-refractivity contribution < 1.29 is 19.1 Å². The average molecular weight is 478 g/mol. The fourth-order valence-corrected chi connectivity index (χ4v) is 5.89. The Morgan fingerprint density at radius 3 is 2.74 bits per heavy atom. The Hall–Kier alpha value is -3.10. The van der Waals surface area contributed by atoms with Gasteiger partial charge in [-0.3, -0.25) is 19.3 Å². The van der Waals surface area contributed by atoms with Crippen LogP contribution in [0.1, 0.15) is 31.7 Å². The number of aryl methyl sites for hydroxylation is 1. The van der Waals surface area contributed by atoms with Crippen molar-refractivity contribution in [3.8, 4) is 10.6 Å². The van der Waals surface area contributed by atoms with Gasteiger partial charge < -0.3 is 4.74 Å². The van der Waals surface area contributed by atoms with Gasteiger partial charge in [-0.15, -0.1) is 11.3 Å². The Balaban J connectivity index is 1.32. The predicted molar refractivity (Wildman–Crippen MR) is 132 cm³/mol. The van der Waals surface area contributed by atoms with Crippen LogP contribution >= 0.6 is 11.3 Å². The molecule has 3 aromatic rings. The summed E-state index contributed by atoms with van der Waals surface area (Å²) in [7, 11) is 0. The summed E-state index contributed by atoms with van der Waals surface area (Å²) in [5.41, 5.74) is 3.68. The maximum atomic E-state index is 13.3. The van der Waals surface area contributed by atoms with Gasteiger partial charge in [0.25, 0.3) is 5.91 Å². The first-order valence-corrected chi connectivity index (χ1v) is 12.5. The Morgan fingerprint density at radius 2 is 1.97 bits per heavy atom. The lowest BCUT2D eigenvalue weighted by Gasteiger charge is -2.34. The topological polar surface area (TPSA) is 79.8 Å². The van der Waals surface area contributed by atoms with Crippen molar-refractivity contribution in [3.63, 3.8) is 0 Å². The normalized spacial score (nSPS) is 21.4. The van der Waals surface area contributed by atoms with Gasteiger partial charge in [-0.2, -0.15) is 0 Å². The quantitative estimate of drug-likeness (QED) is 0.405. The van der Waals surface area contributed by atoms with Gasteiger partial charge in [0.1, 0.15) is 5.01 Å². The molecule has 2 aliphatic heterocycles. The zero-order valence-electron chi connectivity index (χ0n) is 19.3. The monoisotopic (exact) mass is 477 g/mol. The fourth-order valence-electron chi connectivity index (χ4n) is 4.82. The highest BCUT2D eigenvalue weighted by Crippen LogP contribution is 2.33. The highest BCUT2D eigenvalue weighted by atomic mass is 32.1. The van der Waals surface area contributed by atoms with E-state index in [0.717, 1.165) is 33.6 Å². The van der Waals surface area contributed by atoms with Gasteiger partial charge in [-0.05, 0) is 75.2 Å². The third-order valence-corrected chi connectivity index (χ3v) is 7.62. The molecule has 7 nitrogen and oxygen atoms in total. The van der Waals surface area contributed by atoms with Crippen LogP contribution in [0.25, 0.3) is 20.8 Å². The molecule has 0 saturated carbocycles. The summed E-state index contributed by atoms with van der Waals surface area (Å²) >= 11 is 1.63. The van der Waals surface area contributed by atoms with Crippen molar-refractivity contribution in [2.45, 2.75) is 39.2 Å². The molecule has 0 spiro atoms. The van der Waals surface area contributed by atoms with E-state index in [0.29, 0.717) is 25.4 Å². The van der Waals surface area contributed by atoms with Gasteiger partial charge in [-0.1, -0.05) is 6.07 Å². The van der Waals surface area contributed by atoms with Crippen LogP contribution in [0.4, 0.5) is 5.69 Å². The Morgan fingerprint density at radius 1 is 1.18 bits per heavy atom. The molecule has 2 saturated heterocycles. The second kappa shape index (κ2) is 9.27. The molecule has 0 unspecified atom stereocenters. The van der Waals surface area contributed by atoms with E-state index < -0.39 is 6.04 Å². The first-order chi connectivity index (χ1) is 16.4. The van der Waals surface area contributed by atoms with Crippen molar-refractivity contribution in [2.75, 3.05) is 24.6 Å². The Kier molecular flexibility index (Phi) is 6.18. The fraction of sp³-hybridized carbons (Fsp3) is 0.385. The number of hydrogen-bond acceptors (Lipinski definition) is 7. The SMILES string of the molecule is CCOC(=O)[C@@H]1CCCN([C@H]2CC(=O)N(c3ccc(-c4nc5ccc(C)cc5s4)cc3)C2=O)C1. The minimum absolute atomic E-state index is 0.132. The molecule has 5 rings (SSSR count). The molecule has 176 valence electrons. The molecule has 8 heteroatoms. The molecule has 2 aliphatic rings. The lowest BCUT2D eigenvalue weighted by atomic mass is 9.96. The van der Waals surface area contributed by atoms with Crippen LogP contribution in [0.3, 0.4) is 0 Å². The molecule has 3 heterocycles. The molecule has 2 fully saturated rings. The number of esters is 1. The number of amides is 2. The standard InChI is InChI=1S/C26H27N3O4S/c1-3-33-26(32)18-5-4-12-28(15-18)21-14-23(30)29(25(21)31)19-9-7-17(8-10-19)24-27-20-11-6-16(2)13-22(20)34-24/h6-11,13,18,21H,3-5,12,14-15H2,1-2H3/t18-,21+/m1/s1. The zero-order chi connectivity index (χ0) is 23.8. The number of piperidine rings is 1. The van der Waals surface area contributed by atoms with Gasteiger partial charge in [0, 0.05) is 12.1 Å². The van der Waals surface area contributed by atoms with Crippen LogP contribution in [-0.2, 0) is 19.1 Å². The molecular weight excluding hydrogens is 450 g/mol. The Labute approximate surface area is 202 Å². The number of carbonyl (C=O) groups is 3. The van der Waals surface area contributed by atoms with E-state index in [9.17, 15) is 14.4 Å². The molecule has 0 radical (unpaired) electrons. The average Bonchev–Trinajstić information content (AvgIpc) is 3.39. The van der Waals surface area contributed by atoms with Crippen LogP contribution in [-0.4, -0.2) is 53.4 Å². The van der Waals surface area contributed by atoms with E-state index in [1.165, 1.54) is 10.5 Å². The second-order valence-corrected chi connectivity index (χ2v) is 9.94. The number of anilines is 1. The molecule has 1 aromatic heterocycles. The number of likely N-dealkylation sites (tertiary alicyclic amines) is 1. The molecule has 0 aliphatic carbocycles. The number of benzene rings is 2. The van der Waals surface area contributed by atoms with Crippen LogP contribution in [0, 0.1) is 12.8 Å². The highest BCUT2D eigenvalue weighted by Gasteiger charge is 2.44. The lowest BCUT2D eigenvalue weighted by molar-refractivity contribution is -0.150. The zero-order valence-corrected chi connectivity index (χ0v) is 20.1. The van der Waals surface area contributed by atoms with E-state index in [-0.39, 0.29) is 30.1 Å². The highest BCUT2D eigenvalue weighted by molar-refractivity contribution is 7.21. The van der Waals surface area contributed by atoms with Crippen LogP contribution in [0.5, 0.6) is 0 Å². The largest absolute Gasteiger partial charge is 0.466 e. The lowest BCUT2D eigenvalue weighted by Crippen LogP contribution is -2.48. The van der Waals surface area contributed by atoms with Gasteiger partial charge in [0.2, 0.25) is 5.91 Å². The maximum Gasteiger partial charge on any atom is 0.310 e. The predicted octanol–water partition coefficient (Wildman–Crippen LogP) is 4.18. The van der Waals surface area contributed by atoms with E-state index >= 15 is 0 Å². The van der Waals surface area contributed by atoms with E-state index in [2.05, 4.69) is 13.0 Å². The van der Waals surface area contributed by atoms with Crippen molar-refractivity contribution in [1.29, 1.82) is 0 Å². The molecule has 2 aromatic carbocycles. The number of thiazole rings is 1. The summed E-state index contributed by atoms with van der Waals surface area (Å²) in [5, 5.41) is 0.905. The smallest absolute Gasteiger partial charge is 0.310 e. The van der Waals surface area contributed by atoms with Crippen LogP contribution < -0.4 is 4.90 Å². The van der Waals surface area contributed by atoms with Crippen molar-refractivity contribution in [3.05, 3.63) is 48.0 Å². The van der Waals surface area contributed by atoms with E-state index in [4.69, 9.17) is 9.72 Å². The molecule has 2 amide bonds. The summed E-state index contributed by atoms with van der Waals surface area (Å²) in [6.07, 6.45) is 1.69. The minimum Gasteiger partial charge on any atom is -0.466 e. The second-order valence-electron chi connectivity index (χ2n) is 8.91. The molecule has 0 bridgehead atoms. The first-order valence-electron chi connectivity index (χ1n) is 11.7. The van der Waals surface area contributed by atoms with E-state index in [1.807, 2.05) is 41.3 Å². The molecular formula is C26H27N3O4S. The van der Waals surface area contributed by atoms with Gasteiger partial charge in [0.05, 0.1) is 40.9 Å². The number of carbonyl (C=O) groups excluding carboxylic acids is 3. The summed E-state index contributed by atoms with van der Waals surface area (Å²) in [6, 6.07) is 13.1. The molecule has 2 atom stereocenters. The van der Waals surface area contributed by atoms with Crippen molar-refractivity contribution in [1.82, 2.24) is 9.88 Å². The number of imide groups is 1. The summed E-state index contributed by atoms with van der Waals surface area (Å²) < 4.78 is 6.31. The first kappa shape index (κ1) is 22.7. The van der Waals surface area contributed by atoms with Crippen LogP contribution in [0.15, 0.2) is 42.5 Å². The third kappa shape index (κ3) is 4.23. The van der Waals surface area contributed by atoms with Crippen LogP contribution in [0.2, 0.25) is 0 Å². The Bertz CT molecular complexity index is 1250. The summed E-state index contributed by atoms with van der Waals surface area (Å²) in [4.78, 5) is 46.3. The number of rotatable bonds is 5. The van der Waals surface area contributed by atoms with Crippen molar-refractivity contribution >= 4 is 45.0 Å². The molecule has 34 heavy (non-hydrogen) atoms. The summed E-state index contributed by atoms with van der Waals surface area (Å²) in [6.45, 7) is 5.34. The maximum absolute atomic E-state index is 13.3. The van der Waals surface area contributed by atoms with Crippen molar-refractivity contribution in [2.24, 2.45) is 5.92 Å². The summed E-state index contributed by atoms with van der Waals surface area (Å²) in [5.74, 6) is -0.904. The number of nitrogens with zero attached hydrogens (tertiary/aromatic N) is 3. The van der Waals surface area contributed by atoms with E-state index in [1.54, 1.807) is 18.3 Å². The third-order valence-electron chi connectivity index (χ3n) is 6.55. The number of fused-ring (bicyclic) bond motifs is 1. The number of aromatic nitrogens is 1. The minimum atomic E-state index is -0.531. The van der Waals surface area contributed by atoms with Gasteiger partial charge in [-0.25, -0.2) is 9.88 Å². The molecule has 0 N–H and O–H groups in total. The number of hydrogen-bond donors (Lipinski definition) is 0.